The number of nitrogens with one attached hydrogen (secondary N) is 1. The van der Waals surface area contributed by atoms with Gasteiger partial charge < -0.3 is 0 Å². The van der Waals surface area contributed by atoms with Crippen molar-refractivity contribution in [3.63, 3.8) is 0 Å². The molecule has 100 valence electrons. The van der Waals surface area contributed by atoms with Gasteiger partial charge in [-0.1, -0.05) is 56.0 Å². The van der Waals surface area contributed by atoms with E-state index in [2.05, 4.69) is 5.10 Å². The SMILES string of the molecule is O=c1cc(-c2ccccc2)[nH]n1C1CCCCCC1. The summed E-state index contributed by atoms with van der Waals surface area (Å²) in [6.07, 6.45) is 7.31. The number of aromatic nitrogens is 2. The van der Waals surface area contributed by atoms with Gasteiger partial charge in [0.15, 0.2) is 0 Å². The van der Waals surface area contributed by atoms with Crippen LogP contribution in [0.3, 0.4) is 0 Å². The highest BCUT2D eigenvalue weighted by Crippen LogP contribution is 2.26. The van der Waals surface area contributed by atoms with Gasteiger partial charge in [-0.25, -0.2) is 4.68 Å². The number of hydrogen-bond donors (Lipinski definition) is 1. The average molecular weight is 256 g/mol. The zero-order chi connectivity index (χ0) is 13.1. The van der Waals surface area contributed by atoms with Gasteiger partial charge in [-0.05, 0) is 18.4 Å². The van der Waals surface area contributed by atoms with Gasteiger partial charge in [0.2, 0.25) is 0 Å². The second-order valence-corrected chi connectivity index (χ2v) is 5.39. The third-order valence-corrected chi connectivity index (χ3v) is 4.02. The average Bonchev–Trinajstić information content (AvgIpc) is 2.66. The number of hydrogen-bond acceptors (Lipinski definition) is 1. The van der Waals surface area contributed by atoms with Gasteiger partial charge in [0.25, 0.3) is 5.56 Å². The minimum absolute atomic E-state index is 0.103. The first kappa shape index (κ1) is 12.3. The molecule has 1 aromatic carbocycles. The number of aromatic amines is 1. The molecule has 0 atom stereocenters. The summed E-state index contributed by atoms with van der Waals surface area (Å²) >= 11 is 0. The van der Waals surface area contributed by atoms with Gasteiger partial charge in [0.05, 0.1) is 11.7 Å². The number of rotatable bonds is 2. The Morgan fingerprint density at radius 2 is 1.68 bits per heavy atom. The molecule has 1 heterocycles. The molecule has 0 radical (unpaired) electrons. The molecule has 0 bridgehead atoms. The zero-order valence-electron chi connectivity index (χ0n) is 11.1. The normalized spacial score (nSPS) is 17.3. The molecule has 1 aromatic heterocycles. The topological polar surface area (TPSA) is 37.8 Å². The molecule has 1 N–H and O–H groups in total. The molecule has 1 aliphatic rings. The molecule has 3 heteroatoms. The van der Waals surface area contributed by atoms with Crippen LogP contribution in [0, 0.1) is 0 Å². The number of nitrogens with zero attached hydrogens (tertiary/aromatic N) is 1. The van der Waals surface area contributed by atoms with Crippen LogP contribution in [0.5, 0.6) is 0 Å². The first-order valence-corrected chi connectivity index (χ1v) is 7.21. The predicted octanol–water partition coefficient (Wildman–Crippen LogP) is 3.74. The molecule has 2 aromatic rings. The van der Waals surface area contributed by atoms with E-state index in [-0.39, 0.29) is 5.56 Å². The first-order chi connectivity index (χ1) is 9.34. The minimum Gasteiger partial charge on any atom is -0.295 e. The summed E-state index contributed by atoms with van der Waals surface area (Å²) in [5.41, 5.74) is 2.10. The fourth-order valence-corrected chi connectivity index (χ4v) is 2.96. The molecule has 1 aliphatic carbocycles. The summed E-state index contributed by atoms with van der Waals surface area (Å²) in [6.45, 7) is 0. The van der Waals surface area contributed by atoms with E-state index in [0.29, 0.717) is 6.04 Å². The molecule has 0 aliphatic heterocycles. The molecule has 0 spiro atoms. The lowest BCUT2D eigenvalue weighted by molar-refractivity contribution is 0.397. The Morgan fingerprint density at radius 1 is 1.00 bits per heavy atom. The molecule has 19 heavy (non-hydrogen) atoms. The summed E-state index contributed by atoms with van der Waals surface area (Å²) in [4.78, 5) is 12.2. The van der Waals surface area contributed by atoms with Crippen LogP contribution in [-0.2, 0) is 0 Å². The minimum atomic E-state index is 0.103. The summed E-state index contributed by atoms with van der Waals surface area (Å²) < 4.78 is 1.84. The molecular formula is C16H20N2O. The van der Waals surface area contributed by atoms with Gasteiger partial charge >= 0.3 is 0 Å². The molecule has 1 fully saturated rings. The number of H-pyrrole nitrogens is 1. The Bertz CT molecular complexity index is 574. The molecule has 0 unspecified atom stereocenters. The van der Waals surface area contributed by atoms with Crippen molar-refractivity contribution >= 4 is 0 Å². The second kappa shape index (κ2) is 5.47. The lowest BCUT2D eigenvalue weighted by Crippen LogP contribution is -2.21. The van der Waals surface area contributed by atoms with Crippen molar-refractivity contribution in [1.29, 1.82) is 0 Å². The second-order valence-electron chi connectivity index (χ2n) is 5.39. The van der Waals surface area contributed by atoms with Crippen LogP contribution >= 0.6 is 0 Å². The van der Waals surface area contributed by atoms with Gasteiger partial charge in [-0.15, -0.1) is 0 Å². The maximum absolute atomic E-state index is 12.2. The maximum Gasteiger partial charge on any atom is 0.267 e. The smallest absolute Gasteiger partial charge is 0.267 e. The highest BCUT2D eigenvalue weighted by molar-refractivity contribution is 5.57. The molecule has 0 saturated heterocycles. The Morgan fingerprint density at radius 3 is 2.37 bits per heavy atom. The molecule has 0 amide bonds. The van der Waals surface area contributed by atoms with Crippen LogP contribution < -0.4 is 5.56 Å². The van der Waals surface area contributed by atoms with Gasteiger partial charge in [-0.3, -0.25) is 9.89 Å². The zero-order valence-corrected chi connectivity index (χ0v) is 11.1. The van der Waals surface area contributed by atoms with Gasteiger partial charge in [0.1, 0.15) is 0 Å². The monoisotopic (exact) mass is 256 g/mol. The van der Waals surface area contributed by atoms with Crippen molar-refractivity contribution in [2.24, 2.45) is 0 Å². The van der Waals surface area contributed by atoms with E-state index < -0.39 is 0 Å². The van der Waals surface area contributed by atoms with Gasteiger partial charge in [0, 0.05) is 6.07 Å². The van der Waals surface area contributed by atoms with Crippen LogP contribution in [0.2, 0.25) is 0 Å². The molecular weight excluding hydrogens is 236 g/mol. The lowest BCUT2D eigenvalue weighted by atomic mass is 10.1. The summed E-state index contributed by atoms with van der Waals surface area (Å²) in [6, 6.07) is 12.1. The van der Waals surface area contributed by atoms with E-state index in [1.807, 2.05) is 35.0 Å². The Balaban J connectivity index is 1.91. The van der Waals surface area contributed by atoms with Crippen molar-refractivity contribution in [2.45, 2.75) is 44.6 Å². The van der Waals surface area contributed by atoms with Crippen LogP contribution in [-0.4, -0.2) is 9.78 Å². The van der Waals surface area contributed by atoms with Crippen molar-refractivity contribution in [3.05, 3.63) is 46.8 Å². The first-order valence-electron chi connectivity index (χ1n) is 7.21. The summed E-state index contributed by atoms with van der Waals surface area (Å²) in [5, 5.41) is 3.30. The van der Waals surface area contributed by atoms with Crippen molar-refractivity contribution in [3.8, 4) is 11.3 Å². The fraction of sp³-hybridized carbons (Fsp3) is 0.438. The molecule has 1 saturated carbocycles. The summed E-state index contributed by atoms with van der Waals surface area (Å²) in [5.74, 6) is 0. The Kier molecular flexibility index (Phi) is 3.53. The standard InChI is InChI=1S/C16H20N2O/c19-16-12-15(13-8-4-3-5-9-13)17-18(16)14-10-6-1-2-7-11-14/h3-5,8-9,12,14,17H,1-2,6-7,10-11H2. The largest absolute Gasteiger partial charge is 0.295 e. The van der Waals surface area contributed by atoms with E-state index >= 15 is 0 Å². The third kappa shape index (κ3) is 2.65. The van der Waals surface area contributed by atoms with E-state index in [1.165, 1.54) is 25.7 Å². The lowest BCUT2D eigenvalue weighted by Gasteiger charge is -2.14. The van der Waals surface area contributed by atoms with E-state index in [0.717, 1.165) is 24.1 Å². The Labute approximate surface area is 113 Å². The van der Waals surface area contributed by atoms with Crippen molar-refractivity contribution in [1.82, 2.24) is 9.78 Å². The Hall–Kier alpha value is -1.77. The predicted molar refractivity (Wildman–Crippen MR) is 77.2 cm³/mol. The highest BCUT2D eigenvalue weighted by atomic mass is 16.1. The van der Waals surface area contributed by atoms with E-state index in [4.69, 9.17) is 0 Å². The fourth-order valence-electron chi connectivity index (χ4n) is 2.96. The van der Waals surface area contributed by atoms with E-state index in [9.17, 15) is 4.79 Å². The molecule has 3 rings (SSSR count). The quantitative estimate of drug-likeness (QED) is 0.817. The van der Waals surface area contributed by atoms with Crippen LogP contribution in [0.4, 0.5) is 0 Å². The third-order valence-electron chi connectivity index (χ3n) is 4.02. The van der Waals surface area contributed by atoms with Crippen LogP contribution in [0.15, 0.2) is 41.2 Å². The van der Waals surface area contributed by atoms with Gasteiger partial charge in [-0.2, -0.15) is 0 Å². The van der Waals surface area contributed by atoms with Crippen molar-refractivity contribution < 1.29 is 0 Å². The van der Waals surface area contributed by atoms with E-state index in [1.54, 1.807) is 6.07 Å². The van der Waals surface area contributed by atoms with Crippen molar-refractivity contribution in [2.75, 3.05) is 0 Å². The molecule has 3 nitrogen and oxygen atoms in total. The van der Waals surface area contributed by atoms with Crippen LogP contribution in [0.25, 0.3) is 11.3 Å². The maximum atomic E-state index is 12.2. The highest BCUT2D eigenvalue weighted by Gasteiger charge is 2.17. The summed E-state index contributed by atoms with van der Waals surface area (Å²) in [7, 11) is 0. The number of benzene rings is 1. The van der Waals surface area contributed by atoms with Crippen LogP contribution in [0.1, 0.15) is 44.6 Å².